The molecule has 1 aromatic carbocycles. The average molecular weight is 362 g/mol. The highest BCUT2D eigenvalue weighted by Gasteiger charge is 2.25. The van der Waals surface area contributed by atoms with Gasteiger partial charge < -0.3 is 20.9 Å². The molecule has 0 bridgehead atoms. The molecule has 1 saturated heterocycles. The summed E-state index contributed by atoms with van der Waals surface area (Å²) < 4.78 is 0. The molecule has 0 radical (unpaired) electrons. The number of likely N-dealkylation sites (N-methyl/N-ethyl adjacent to an activating group) is 1. The Kier molecular flexibility index (Phi) is 6.43. The van der Waals surface area contributed by atoms with Crippen molar-refractivity contribution in [2.75, 3.05) is 44.0 Å². The summed E-state index contributed by atoms with van der Waals surface area (Å²) in [5, 5.41) is 6.76. The van der Waals surface area contributed by atoms with Gasteiger partial charge in [-0.1, -0.05) is 12.2 Å². The Morgan fingerprint density at radius 3 is 2.20 bits per heavy atom. The van der Waals surface area contributed by atoms with Gasteiger partial charge in [0.15, 0.2) is 5.71 Å². The first-order valence-electron chi connectivity index (χ1n) is 7.86. The topological polar surface area (TPSA) is 103 Å². The van der Waals surface area contributed by atoms with Gasteiger partial charge >= 0.3 is 0 Å². The van der Waals surface area contributed by atoms with Crippen molar-refractivity contribution in [3.63, 3.8) is 0 Å². The summed E-state index contributed by atoms with van der Waals surface area (Å²) in [6, 6.07) is 6.91. The van der Waals surface area contributed by atoms with Crippen LogP contribution in [-0.4, -0.2) is 65.5 Å². The third-order valence-electron chi connectivity index (χ3n) is 3.73. The average Bonchev–Trinajstić information content (AvgIpc) is 2.56. The van der Waals surface area contributed by atoms with E-state index < -0.39 is 0 Å². The lowest BCUT2D eigenvalue weighted by Crippen LogP contribution is -2.51. The Labute approximate surface area is 152 Å². The lowest BCUT2D eigenvalue weighted by Gasteiger charge is -2.32. The summed E-state index contributed by atoms with van der Waals surface area (Å²) in [6.07, 6.45) is 0. The van der Waals surface area contributed by atoms with Crippen LogP contribution < -0.4 is 16.5 Å². The molecule has 134 valence electrons. The van der Waals surface area contributed by atoms with Crippen LogP contribution in [0.4, 0.5) is 11.4 Å². The van der Waals surface area contributed by atoms with Crippen LogP contribution in [-0.2, 0) is 9.59 Å². The molecule has 4 N–H and O–H groups in total. The number of anilines is 2. The number of amides is 2. The van der Waals surface area contributed by atoms with Gasteiger partial charge in [-0.15, -0.1) is 0 Å². The molecule has 0 aliphatic carbocycles. The third-order valence-corrected chi connectivity index (χ3v) is 3.92. The van der Waals surface area contributed by atoms with Crippen molar-refractivity contribution in [2.24, 2.45) is 10.8 Å². The van der Waals surface area contributed by atoms with Crippen LogP contribution in [0.2, 0.25) is 0 Å². The van der Waals surface area contributed by atoms with Gasteiger partial charge in [-0.05, 0) is 31.3 Å². The molecule has 1 fully saturated rings. The molecule has 8 nitrogen and oxygen atoms in total. The smallest absolute Gasteiger partial charge is 0.277 e. The van der Waals surface area contributed by atoms with Gasteiger partial charge in [0.25, 0.3) is 5.91 Å². The van der Waals surface area contributed by atoms with Crippen LogP contribution in [0.1, 0.15) is 6.92 Å². The van der Waals surface area contributed by atoms with Crippen LogP contribution >= 0.6 is 12.2 Å². The molecule has 9 heteroatoms. The summed E-state index contributed by atoms with van der Waals surface area (Å²) >= 11 is 4.97. The van der Waals surface area contributed by atoms with E-state index >= 15 is 0 Å². The van der Waals surface area contributed by atoms with Crippen molar-refractivity contribution in [2.45, 2.75) is 6.92 Å². The van der Waals surface area contributed by atoms with Crippen LogP contribution in [0.15, 0.2) is 29.4 Å². The Balaban J connectivity index is 2.05. The highest BCUT2D eigenvalue weighted by molar-refractivity contribution is 7.82. The first-order chi connectivity index (χ1) is 11.9. The Morgan fingerprint density at radius 1 is 1.12 bits per heavy atom. The second-order valence-corrected chi connectivity index (χ2v) is 6.23. The van der Waals surface area contributed by atoms with Crippen molar-refractivity contribution in [3.05, 3.63) is 24.3 Å². The minimum Gasteiger partial charge on any atom is -0.388 e. The second kappa shape index (κ2) is 8.54. The van der Waals surface area contributed by atoms with E-state index in [2.05, 4.69) is 20.7 Å². The van der Waals surface area contributed by atoms with Gasteiger partial charge in [-0.25, -0.2) is 0 Å². The highest BCUT2D eigenvalue weighted by atomic mass is 32.1. The number of nitrogens with zero attached hydrogens (tertiary/aromatic N) is 3. The lowest BCUT2D eigenvalue weighted by molar-refractivity contribution is -0.125. The molecule has 2 rings (SSSR count). The molecular formula is C16H22N6O2S. The first-order valence-corrected chi connectivity index (χ1v) is 8.26. The van der Waals surface area contributed by atoms with Crippen molar-refractivity contribution in [1.29, 1.82) is 0 Å². The summed E-state index contributed by atoms with van der Waals surface area (Å²) in [7, 11) is 2.01. The van der Waals surface area contributed by atoms with Crippen LogP contribution in [0.3, 0.4) is 0 Å². The quantitative estimate of drug-likeness (QED) is 0.400. The number of hydrazone groups is 1. The minimum absolute atomic E-state index is 0.0329. The predicted octanol–water partition coefficient (Wildman–Crippen LogP) is 0.473. The van der Waals surface area contributed by atoms with Crippen molar-refractivity contribution in [3.8, 4) is 0 Å². The number of carbonyl (C=O) groups is 2. The maximum absolute atomic E-state index is 12.6. The molecule has 0 atom stereocenters. The zero-order valence-electron chi connectivity index (χ0n) is 14.3. The monoisotopic (exact) mass is 362 g/mol. The molecule has 1 aliphatic rings. The molecule has 1 aliphatic heterocycles. The van der Waals surface area contributed by atoms with Gasteiger partial charge in [-0.3, -0.25) is 15.0 Å². The van der Waals surface area contributed by atoms with Crippen LogP contribution in [0.25, 0.3) is 0 Å². The molecule has 0 unspecified atom stereocenters. The Hall–Kier alpha value is -2.52. The van der Waals surface area contributed by atoms with Crippen molar-refractivity contribution < 1.29 is 9.59 Å². The third kappa shape index (κ3) is 5.50. The van der Waals surface area contributed by atoms with E-state index in [9.17, 15) is 9.59 Å². The van der Waals surface area contributed by atoms with E-state index in [0.29, 0.717) is 24.5 Å². The van der Waals surface area contributed by atoms with E-state index in [4.69, 9.17) is 18.0 Å². The number of carbonyl (C=O) groups excluding carboxylic acids is 2. The normalized spacial score (nSPS) is 15.6. The van der Waals surface area contributed by atoms with Crippen molar-refractivity contribution in [1.82, 2.24) is 9.80 Å². The zero-order valence-corrected chi connectivity index (χ0v) is 15.1. The van der Waals surface area contributed by atoms with Gasteiger partial charge in [-0.2, -0.15) is 5.10 Å². The SMILES string of the molecule is CC(=O)Nc1ccc(NN=C(C(=O)N2CCN(C)CC2)C(N)=S)cc1. The first kappa shape index (κ1) is 18.8. The van der Waals surface area contributed by atoms with E-state index in [1.54, 1.807) is 29.2 Å². The number of thiocarbonyl (C=S) groups is 1. The van der Waals surface area contributed by atoms with E-state index in [1.807, 2.05) is 7.05 Å². The zero-order chi connectivity index (χ0) is 18.4. The molecule has 0 aromatic heterocycles. The number of rotatable bonds is 5. The van der Waals surface area contributed by atoms with Crippen LogP contribution in [0, 0.1) is 0 Å². The number of nitrogens with two attached hydrogens (primary N) is 1. The fourth-order valence-electron chi connectivity index (χ4n) is 2.32. The maximum atomic E-state index is 12.6. The summed E-state index contributed by atoms with van der Waals surface area (Å²) in [4.78, 5) is 27.4. The summed E-state index contributed by atoms with van der Waals surface area (Å²) in [6.45, 7) is 4.27. The van der Waals surface area contributed by atoms with Crippen molar-refractivity contribution >= 4 is 46.1 Å². The number of benzene rings is 1. The second-order valence-electron chi connectivity index (χ2n) is 5.79. The summed E-state index contributed by atoms with van der Waals surface area (Å²) in [5.41, 5.74) is 9.81. The van der Waals surface area contributed by atoms with E-state index in [0.717, 1.165) is 13.1 Å². The summed E-state index contributed by atoms with van der Waals surface area (Å²) in [5.74, 6) is -0.421. The molecule has 0 saturated carbocycles. The number of piperazine rings is 1. The molecule has 2 amide bonds. The number of hydrogen-bond acceptors (Lipinski definition) is 6. The highest BCUT2D eigenvalue weighted by Crippen LogP contribution is 2.13. The lowest BCUT2D eigenvalue weighted by atomic mass is 10.2. The number of nitrogens with one attached hydrogen (secondary N) is 2. The molecule has 25 heavy (non-hydrogen) atoms. The fourth-order valence-corrected chi connectivity index (χ4v) is 2.45. The molecule has 1 aromatic rings. The van der Waals surface area contributed by atoms with Gasteiger partial charge in [0.05, 0.1) is 5.69 Å². The van der Waals surface area contributed by atoms with E-state index in [-0.39, 0.29) is 22.5 Å². The minimum atomic E-state index is -0.275. The van der Waals surface area contributed by atoms with Crippen LogP contribution in [0.5, 0.6) is 0 Å². The Morgan fingerprint density at radius 2 is 1.68 bits per heavy atom. The molecule has 1 heterocycles. The largest absolute Gasteiger partial charge is 0.388 e. The number of hydrogen-bond donors (Lipinski definition) is 3. The van der Waals surface area contributed by atoms with Gasteiger partial charge in [0, 0.05) is 38.8 Å². The van der Waals surface area contributed by atoms with Gasteiger partial charge in [0.2, 0.25) is 5.91 Å². The van der Waals surface area contributed by atoms with Gasteiger partial charge in [0.1, 0.15) is 4.99 Å². The molecular weight excluding hydrogens is 340 g/mol. The fraction of sp³-hybridized carbons (Fsp3) is 0.375. The maximum Gasteiger partial charge on any atom is 0.277 e. The Bertz CT molecular complexity index is 680. The standard InChI is InChI=1S/C16H22N6O2S/c1-11(23)18-12-3-5-13(6-4-12)19-20-14(15(17)25)16(24)22-9-7-21(2)8-10-22/h3-6,19H,7-10H2,1-2H3,(H2,17,25)(H,18,23). The molecule has 0 spiro atoms. The van der Waals surface area contributed by atoms with E-state index in [1.165, 1.54) is 6.92 Å². The predicted molar refractivity (Wildman–Crippen MR) is 103 cm³/mol.